The van der Waals surface area contributed by atoms with Crippen molar-refractivity contribution < 1.29 is 23.8 Å². The lowest BCUT2D eigenvalue weighted by atomic mass is 9.88. The third-order valence-electron chi connectivity index (χ3n) is 5.56. The molecular formula is C21H30N2O5. The van der Waals surface area contributed by atoms with Gasteiger partial charge in [0.05, 0.1) is 27.2 Å². The number of ether oxygens (including phenoxy) is 3. The van der Waals surface area contributed by atoms with E-state index in [9.17, 15) is 9.59 Å². The van der Waals surface area contributed by atoms with Gasteiger partial charge in [0.25, 0.3) is 0 Å². The van der Waals surface area contributed by atoms with E-state index in [1.54, 1.807) is 21.3 Å². The zero-order valence-electron chi connectivity index (χ0n) is 17.1. The first kappa shape index (κ1) is 20.3. The normalized spacial score (nSPS) is 21.4. The van der Waals surface area contributed by atoms with E-state index >= 15 is 0 Å². The van der Waals surface area contributed by atoms with Gasteiger partial charge in [-0.25, -0.2) is 0 Å². The minimum absolute atomic E-state index is 0.00769. The molecule has 7 heteroatoms. The molecule has 1 aromatic rings. The molecule has 0 unspecified atom stereocenters. The van der Waals surface area contributed by atoms with Crippen LogP contribution in [0.15, 0.2) is 12.1 Å². The smallest absolute Gasteiger partial charge is 0.225 e. The van der Waals surface area contributed by atoms with Crippen molar-refractivity contribution >= 4 is 11.8 Å². The van der Waals surface area contributed by atoms with Crippen LogP contribution in [-0.2, 0) is 9.59 Å². The fraction of sp³-hybridized carbons (Fsp3) is 0.619. The van der Waals surface area contributed by atoms with E-state index in [1.165, 1.54) is 0 Å². The number of hydrogen-bond acceptors (Lipinski definition) is 5. The maximum Gasteiger partial charge on any atom is 0.225 e. The Balaban J connectivity index is 1.93. The summed E-state index contributed by atoms with van der Waals surface area (Å²) in [5.41, 5.74) is 0.914. The fourth-order valence-electron chi connectivity index (χ4n) is 3.87. The fourth-order valence-corrected chi connectivity index (χ4v) is 3.87. The highest BCUT2D eigenvalue weighted by Crippen LogP contribution is 2.44. The molecule has 1 aliphatic heterocycles. The molecule has 1 N–H and O–H groups in total. The Morgan fingerprint density at radius 1 is 1.07 bits per heavy atom. The summed E-state index contributed by atoms with van der Waals surface area (Å²) in [4.78, 5) is 27.3. The Kier molecular flexibility index (Phi) is 6.31. The molecule has 0 spiro atoms. The highest BCUT2D eigenvalue weighted by atomic mass is 16.5. The number of methoxy groups -OCH3 is 3. The molecule has 2 amide bonds. The molecule has 2 atom stereocenters. The van der Waals surface area contributed by atoms with Gasteiger partial charge in [-0.05, 0) is 37.0 Å². The van der Waals surface area contributed by atoms with E-state index < -0.39 is 0 Å². The molecule has 1 aromatic carbocycles. The molecule has 28 heavy (non-hydrogen) atoms. The highest BCUT2D eigenvalue weighted by molar-refractivity contribution is 5.85. The van der Waals surface area contributed by atoms with Gasteiger partial charge in [0, 0.05) is 31.5 Å². The van der Waals surface area contributed by atoms with Gasteiger partial charge in [-0.2, -0.15) is 0 Å². The number of carbonyl (C=O) groups is 2. The summed E-state index contributed by atoms with van der Waals surface area (Å²) in [5.74, 6) is 1.51. The summed E-state index contributed by atoms with van der Waals surface area (Å²) in [7, 11) is 4.71. The molecule has 0 radical (unpaired) electrons. The summed E-state index contributed by atoms with van der Waals surface area (Å²) >= 11 is 0. The minimum atomic E-state index is -0.294. The molecule has 2 fully saturated rings. The third kappa shape index (κ3) is 4.03. The van der Waals surface area contributed by atoms with Crippen LogP contribution >= 0.6 is 0 Å². The maximum absolute atomic E-state index is 12.8. The number of nitrogens with one attached hydrogen (secondary N) is 1. The van der Waals surface area contributed by atoms with Crippen LogP contribution in [-0.4, -0.2) is 57.7 Å². The second kappa shape index (κ2) is 8.71. The molecule has 3 rings (SSSR count). The van der Waals surface area contributed by atoms with Crippen molar-refractivity contribution in [3.05, 3.63) is 17.7 Å². The summed E-state index contributed by atoms with van der Waals surface area (Å²) < 4.78 is 16.4. The second-order valence-electron chi connectivity index (χ2n) is 7.48. The Bertz CT molecular complexity index is 707. The van der Waals surface area contributed by atoms with E-state index in [0.29, 0.717) is 36.9 Å². The number of likely N-dealkylation sites (tertiary alicyclic amines) is 1. The Hall–Kier alpha value is -2.44. The van der Waals surface area contributed by atoms with Crippen molar-refractivity contribution in [2.75, 3.05) is 41.0 Å². The first-order valence-electron chi connectivity index (χ1n) is 9.90. The van der Waals surface area contributed by atoms with Crippen molar-refractivity contribution in [3.63, 3.8) is 0 Å². The second-order valence-corrected chi connectivity index (χ2v) is 7.48. The molecule has 1 saturated carbocycles. The quantitative estimate of drug-likeness (QED) is 0.736. The van der Waals surface area contributed by atoms with Crippen molar-refractivity contribution in [3.8, 4) is 17.2 Å². The predicted molar refractivity (Wildman–Crippen MR) is 105 cm³/mol. The van der Waals surface area contributed by atoms with E-state index in [0.717, 1.165) is 24.8 Å². The Labute approximate surface area is 166 Å². The van der Waals surface area contributed by atoms with Crippen molar-refractivity contribution in [2.45, 2.75) is 32.1 Å². The van der Waals surface area contributed by atoms with E-state index in [2.05, 4.69) is 5.32 Å². The average molecular weight is 390 g/mol. The van der Waals surface area contributed by atoms with Crippen molar-refractivity contribution in [1.29, 1.82) is 0 Å². The predicted octanol–water partition coefficient (Wildman–Crippen LogP) is 2.19. The van der Waals surface area contributed by atoms with Gasteiger partial charge in [-0.3, -0.25) is 9.59 Å². The zero-order chi connectivity index (χ0) is 20.3. The van der Waals surface area contributed by atoms with Crippen LogP contribution in [0.2, 0.25) is 0 Å². The van der Waals surface area contributed by atoms with E-state index in [1.807, 2.05) is 24.0 Å². The molecule has 1 saturated heterocycles. The maximum atomic E-state index is 12.8. The minimum Gasteiger partial charge on any atom is -0.493 e. The lowest BCUT2D eigenvalue weighted by Crippen LogP contribution is -2.36. The third-order valence-corrected chi connectivity index (χ3v) is 5.56. The van der Waals surface area contributed by atoms with Crippen LogP contribution in [0.5, 0.6) is 17.2 Å². The van der Waals surface area contributed by atoms with Crippen LogP contribution in [0.4, 0.5) is 0 Å². The highest BCUT2D eigenvalue weighted by Gasteiger charge is 2.44. The van der Waals surface area contributed by atoms with Crippen LogP contribution in [0, 0.1) is 11.8 Å². The number of benzene rings is 1. The lowest BCUT2D eigenvalue weighted by Gasteiger charge is -2.21. The van der Waals surface area contributed by atoms with Crippen molar-refractivity contribution in [1.82, 2.24) is 10.2 Å². The molecule has 2 aliphatic rings. The summed E-state index contributed by atoms with van der Waals surface area (Å²) in [6.07, 6.45) is 2.78. The first-order chi connectivity index (χ1) is 13.5. The number of carbonyl (C=O) groups excluding carboxylic acids is 2. The molecular weight excluding hydrogens is 360 g/mol. The zero-order valence-corrected chi connectivity index (χ0v) is 17.1. The molecule has 1 heterocycles. The van der Waals surface area contributed by atoms with E-state index in [4.69, 9.17) is 14.2 Å². The van der Waals surface area contributed by atoms with Crippen LogP contribution < -0.4 is 19.5 Å². The lowest BCUT2D eigenvalue weighted by molar-refractivity contribution is -0.132. The molecule has 154 valence electrons. The first-order valence-corrected chi connectivity index (χ1v) is 9.90. The largest absolute Gasteiger partial charge is 0.493 e. The Morgan fingerprint density at radius 3 is 2.21 bits per heavy atom. The van der Waals surface area contributed by atoms with Crippen molar-refractivity contribution in [2.24, 2.45) is 11.8 Å². The summed E-state index contributed by atoms with van der Waals surface area (Å²) in [5, 5.41) is 2.99. The average Bonchev–Trinajstić information content (AvgIpc) is 3.48. The number of hydrogen-bond donors (Lipinski definition) is 1. The van der Waals surface area contributed by atoms with Crippen LogP contribution in [0.1, 0.15) is 37.7 Å². The molecule has 0 bridgehead atoms. The van der Waals surface area contributed by atoms with Gasteiger partial charge in [-0.1, -0.05) is 6.92 Å². The van der Waals surface area contributed by atoms with Gasteiger partial charge < -0.3 is 24.4 Å². The summed E-state index contributed by atoms with van der Waals surface area (Å²) in [6, 6.07) is 3.77. The molecule has 7 nitrogen and oxygen atoms in total. The molecule has 1 aliphatic carbocycles. The summed E-state index contributed by atoms with van der Waals surface area (Å²) in [6.45, 7) is 3.63. The number of nitrogens with zero attached hydrogens (tertiary/aromatic N) is 1. The van der Waals surface area contributed by atoms with Gasteiger partial charge in [0.15, 0.2) is 11.5 Å². The number of rotatable bonds is 8. The van der Waals surface area contributed by atoms with E-state index in [-0.39, 0.29) is 29.6 Å². The van der Waals surface area contributed by atoms with Crippen LogP contribution in [0.3, 0.4) is 0 Å². The monoisotopic (exact) mass is 390 g/mol. The van der Waals surface area contributed by atoms with Crippen LogP contribution in [0.25, 0.3) is 0 Å². The Morgan fingerprint density at radius 2 is 1.71 bits per heavy atom. The van der Waals surface area contributed by atoms with Gasteiger partial charge in [0.2, 0.25) is 17.6 Å². The van der Waals surface area contributed by atoms with Gasteiger partial charge >= 0.3 is 0 Å². The number of amides is 2. The topological polar surface area (TPSA) is 77.1 Å². The van der Waals surface area contributed by atoms with Gasteiger partial charge in [-0.15, -0.1) is 0 Å². The standard InChI is InChI=1S/C21H30N2O5/c1-5-8-22-20(24)16-12-23(21(25)13-6-7-13)11-15(16)14-9-17(26-2)19(28-4)18(10-14)27-3/h9-10,13,15-16H,5-8,11-12H2,1-4H3,(H,22,24)/t15-,16+/m0/s1. The molecule has 0 aromatic heterocycles. The van der Waals surface area contributed by atoms with Gasteiger partial charge in [0.1, 0.15) is 0 Å². The SMILES string of the molecule is CCCNC(=O)[C@@H]1CN(C(=O)C2CC2)C[C@H]1c1cc(OC)c(OC)c(OC)c1.